The van der Waals surface area contributed by atoms with Crippen molar-refractivity contribution in [2.45, 2.75) is 12.8 Å². The van der Waals surface area contributed by atoms with Crippen molar-refractivity contribution < 1.29 is 13.2 Å². The molecule has 0 aliphatic heterocycles. The molecule has 0 bridgehead atoms. The van der Waals surface area contributed by atoms with Crippen molar-refractivity contribution in [1.82, 2.24) is 9.78 Å². The first-order valence-electron chi connectivity index (χ1n) is 5.36. The molecule has 0 aliphatic carbocycles. The molecule has 0 aliphatic rings. The summed E-state index contributed by atoms with van der Waals surface area (Å²) in [6.07, 6.45) is 4.75. The lowest BCUT2D eigenvalue weighted by atomic mass is 10.2. The Labute approximate surface area is 107 Å². The third-order valence-corrected chi connectivity index (χ3v) is 2.74. The Morgan fingerprint density at radius 1 is 1.17 bits per heavy atom. The predicted octanol–water partition coefficient (Wildman–Crippen LogP) is 3.46. The van der Waals surface area contributed by atoms with Crippen molar-refractivity contribution >= 4 is 11.6 Å². The van der Waals surface area contributed by atoms with Crippen LogP contribution in [0, 0.1) is 17.5 Å². The van der Waals surface area contributed by atoms with Crippen molar-refractivity contribution in [3.05, 3.63) is 47.5 Å². The van der Waals surface area contributed by atoms with E-state index in [4.69, 9.17) is 11.6 Å². The van der Waals surface area contributed by atoms with E-state index in [-0.39, 0.29) is 5.69 Å². The fraction of sp³-hybridized carbons (Fsp3) is 0.250. The van der Waals surface area contributed by atoms with Crippen LogP contribution < -0.4 is 0 Å². The maximum Gasteiger partial charge on any atom is 0.194 e. The summed E-state index contributed by atoms with van der Waals surface area (Å²) in [4.78, 5) is 0. The molecule has 0 amide bonds. The Kier molecular flexibility index (Phi) is 3.91. The van der Waals surface area contributed by atoms with Gasteiger partial charge in [0.2, 0.25) is 0 Å². The van der Waals surface area contributed by atoms with Gasteiger partial charge in [-0.15, -0.1) is 11.6 Å². The van der Waals surface area contributed by atoms with Gasteiger partial charge < -0.3 is 0 Å². The van der Waals surface area contributed by atoms with Crippen LogP contribution >= 0.6 is 11.6 Å². The minimum absolute atomic E-state index is 0.142. The highest BCUT2D eigenvalue weighted by Crippen LogP contribution is 2.17. The second-order valence-electron chi connectivity index (χ2n) is 3.81. The summed E-state index contributed by atoms with van der Waals surface area (Å²) in [6.45, 7) is 0. The van der Waals surface area contributed by atoms with E-state index < -0.39 is 17.5 Å². The van der Waals surface area contributed by atoms with Gasteiger partial charge in [0.15, 0.2) is 17.5 Å². The highest BCUT2D eigenvalue weighted by atomic mass is 35.5. The first-order valence-corrected chi connectivity index (χ1v) is 5.89. The molecule has 6 heteroatoms. The Morgan fingerprint density at radius 3 is 2.44 bits per heavy atom. The minimum Gasteiger partial charge on any atom is -0.240 e. The molecule has 18 heavy (non-hydrogen) atoms. The SMILES string of the molecule is Fc1cc(-n2cc(CCCCl)cn2)cc(F)c1F. The normalized spacial score (nSPS) is 10.9. The molecule has 0 unspecified atom stereocenters. The number of aromatic nitrogens is 2. The van der Waals surface area contributed by atoms with E-state index in [0.717, 1.165) is 30.5 Å². The summed E-state index contributed by atoms with van der Waals surface area (Å²) >= 11 is 5.57. The number of aryl methyl sites for hydroxylation is 1. The number of alkyl halides is 1. The summed E-state index contributed by atoms with van der Waals surface area (Å²) in [5.74, 6) is -3.41. The minimum atomic E-state index is -1.48. The van der Waals surface area contributed by atoms with Crippen LogP contribution in [0.5, 0.6) is 0 Å². The molecule has 2 rings (SSSR count). The molecule has 1 aromatic carbocycles. The zero-order valence-electron chi connectivity index (χ0n) is 9.34. The molecule has 0 N–H and O–H groups in total. The van der Waals surface area contributed by atoms with Gasteiger partial charge >= 0.3 is 0 Å². The topological polar surface area (TPSA) is 17.8 Å². The first kappa shape index (κ1) is 13.0. The van der Waals surface area contributed by atoms with E-state index in [9.17, 15) is 13.2 Å². The molecule has 1 aromatic heterocycles. The number of hydrogen-bond donors (Lipinski definition) is 0. The fourth-order valence-corrected chi connectivity index (χ4v) is 1.71. The zero-order chi connectivity index (χ0) is 13.1. The summed E-state index contributed by atoms with van der Waals surface area (Å²) in [6, 6.07) is 1.80. The molecule has 2 nitrogen and oxygen atoms in total. The van der Waals surface area contributed by atoms with Gasteiger partial charge in [0, 0.05) is 24.2 Å². The molecule has 0 radical (unpaired) electrons. The summed E-state index contributed by atoms with van der Waals surface area (Å²) in [5.41, 5.74) is 1.05. The van der Waals surface area contributed by atoms with E-state index >= 15 is 0 Å². The maximum atomic E-state index is 13.1. The van der Waals surface area contributed by atoms with Gasteiger partial charge in [-0.1, -0.05) is 0 Å². The van der Waals surface area contributed by atoms with Gasteiger partial charge in [0.1, 0.15) is 0 Å². The van der Waals surface area contributed by atoms with E-state index in [1.54, 1.807) is 12.4 Å². The van der Waals surface area contributed by atoms with Gasteiger partial charge in [-0.3, -0.25) is 0 Å². The maximum absolute atomic E-state index is 13.1. The predicted molar refractivity (Wildman–Crippen MR) is 62.5 cm³/mol. The fourth-order valence-electron chi connectivity index (χ4n) is 1.58. The smallest absolute Gasteiger partial charge is 0.194 e. The van der Waals surface area contributed by atoms with Crippen molar-refractivity contribution in [2.24, 2.45) is 0 Å². The number of rotatable bonds is 4. The highest BCUT2D eigenvalue weighted by molar-refractivity contribution is 6.17. The van der Waals surface area contributed by atoms with Crippen molar-refractivity contribution in [3.8, 4) is 5.69 Å². The van der Waals surface area contributed by atoms with Crippen LogP contribution in [0.2, 0.25) is 0 Å². The lowest BCUT2D eigenvalue weighted by Gasteiger charge is -2.02. The average Bonchev–Trinajstić information content (AvgIpc) is 2.81. The second-order valence-corrected chi connectivity index (χ2v) is 4.19. The lowest BCUT2D eigenvalue weighted by molar-refractivity contribution is 0.446. The molecule has 0 spiro atoms. The number of halogens is 4. The summed E-state index contributed by atoms with van der Waals surface area (Å²) in [7, 11) is 0. The number of benzene rings is 1. The molecule has 0 saturated heterocycles. The van der Waals surface area contributed by atoms with Gasteiger partial charge in [0.25, 0.3) is 0 Å². The monoisotopic (exact) mass is 274 g/mol. The van der Waals surface area contributed by atoms with Crippen LogP contribution in [0.1, 0.15) is 12.0 Å². The van der Waals surface area contributed by atoms with Crippen molar-refractivity contribution in [1.29, 1.82) is 0 Å². The van der Waals surface area contributed by atoms with Gasteiger partial charge in [0.05, 0.1) is 11.9 Å². The van der Waals surface area contributed by atoms with Crippen LogP contribution in [0.3, 0.4) is 0 Å². The van der Waals surface area contributed by atoms with Crippen molar-refractivity contribution in [2.75, 3.05) is 5.88 Å². The standard InChI is InChI=1S/C12H10ClF3N2/c13-3-1-2-8-6-17-18(7-8)9-4-10(14)12(16)11(15)5-9/h4-7H,1-3H2. The third-order valence-electron chi connectivity index (χ3n) is 2.47. The van der Waals surface area contributed by atoms with Gasteiger partial charge in [-0.05, 0) is 18.4 Å². The largest absolute Gasteiger partial charge is 0.240 e. The summed E-state index contributed by atoms with van der Waals surface area (Å²) < 4.78 is 40.2. The van der Waals surface area contributed by atoms with E-state index in [1.165, 1.54) is 4.68 Å². The zero-order valence-corrected chi connectivity index (χ0v) is 10.1. The van der Waals surface area contributed by atoms with E-state index in [0.29, 0.717) is 5.88 Å². The highest BCUT2D eigenvalue weighted by Gasteiger charge is 2.12. The molecule has 2 aromatic rings. The molecule has 96 valence electrons. The summed E-state index contributed by atoms with van der Waals surface area (Å²) in [5, 5.41) is 3.97. The first-order chi connectivity index (χ1) is 8.61. The number of hydrogen-bond acceptors (Lipinski definition) is 1. The Morgan fingerprint density at radius 2 is 1.83 bits per heavy atom. The molecular weight excluding hydrogens is 265 g/mol. The van der Waals surface area contributed by atoms with Crippen molar-refractivity contribution in [3.63, 3.8) is 0 Å². The van der Waals surface area contributed by atoms with Crippen LogP contribution in [-0.2, 0) is 6.42 Å². The van der Waals surface area contributed by atoms with Crippen LogP contribution in [0.25, 0.3) is 5.69 Å². The van der Waals surface area contributed by atoms with Crippen LogP contribution in [0.4, 0.5) is 13.2 Å². The van der Waals surface area contributed by atoms with E-state index in [2.05, 4.69) is 5.10 Å². The van der Waals surface area contributed by atoms with Gasteiger partial charge in [-0.2, -0.15) is 5.10 Å². The second kappa shape index (κ2) is 5.44. The average molecular weight is 275 g/mol. The Bertz CT molecular complexity index is 531. The Balaban J connectivity index is 2.28. The number of nitrogens with zero attached hydrogens (tertiary/aromatic N) is 2. The van der Waals surface area contributed by atoms with E-state index in [1.807, 2.05) is 0 Å². The molecule has 0 saturated carbocycles. The Hall–Kier alpha value is -1.49. The molecule has 0 atom stereocenters. The lowest BCUT2D eigenvalue weighted by Crippen LogP contribution is -1.99. The quantitative estimate of drug-likeness (QED) is 0.617. The van der Waals surface area contributed by atoms with Gasteiger partial charge in [-0.25, -0.2) is 17.9 Å². The molecule has 1 heterocycles. The van der Waals surface area contributed by atoms with Crippen LogP contribution in [-0.4, -0.2) is 15.7 Å². The molecular formula is C12H10ClF3N2. The van der Waals surface area contributed by atoms with Crippen LogP contribution in [0.15, 0.2) is 24.5 Å². The third kappa shape index (κ3) is 2.67. The molecule has 0 fully saturated rings.